The Hall–Kier alpha value is -1.33. The summed E-state index contributed by atoms with van der Waals surface area (Å²) in [5, 5.41) is 2.25. The van der Waals surface area contributed by atoms with Crippen LogP contribution in [0.25, 0.3) is 0 Å². The van der Waals surface area contributed by atoms with Crippen LogP contribution in [0.2, 0.25) is 0 Å². The fourth-order valence-electron chi connectivity index (χ4n) is 3.55. The molecule has 0 radical (unpaired) electrons. The van der Waals surface area contributed by atoms with Crippen LogP contribution in [0.4, 0.5) is 4.39 Å². The second kappa shape index (κ2) is 8.81. The molecule has 3 rings (SSSR count). The number of benzene rings is 2. The van der Waals surface area contributed by atoms with Crippen molar-refractivity contribution in [3.8, 4) is 0 Å². The second-order valence-corrected chi connectivity index (χ2v) is 11.5. The zero-order valence-electron chi connectivity index (χ0n) is 15.6. The molecule has 1 aliphatic carbocycles. The van der Waals surface area contributed by atoms with Gasteiger partial charge in [-0.2, -0.15) is 8.42 Å². The van der Waals surface area contributed by atoms with E-state index in [1.165, 1.54) is 12.1 Å². The molecule has 2 atom stereocenters. The first-order valence-electron chi connectivity index (χ1n) is 8.93. The van der Waals surface area contributed by atoms with Gasteiger partial charge < -0.3 is 5.32 Å². The summed E-state index contributed by atoms with van der Waals surface area (Å²) in [7, 11) is -7.39. The average molecular weight is 506 g/mol. The van der Waals surface area contributed by atoms with E-state index in [0.29, 0.717) is 18.4 Å². The first-order valence-corrected chi connectivity index (χ1v) is 13.1. The van der Waals surface area contributed by atoms with Crippen LogP contribution in [0.15, 0.2) is 51.8 Å². The van der Waals surface area contributed by atoms with Crippen LogP contribution in [0.5, 0.6) is 0 Å². The normalized spacial score (nSPS) is 19.7. The van der Waals surface area contributed by atoms with E-state index < -0.39 is 37.1 Å². The summed E-state index contributed by atoms with van der Waals surface area (Å²) in [6, 6.07) is 9.82. The molecule has 1 aliphatic rings. The van der Waals surface area contributed by atoms with Gasteiger partial charge in [0.2, 0.25) is 0 Å². The Morgan fingerprint density at radius 3 is 2.48 bits per heavy atom. The molecule has 10 heteroatoms. The lowest BCUT2D eigenvalue weighted by Crippen LogP contribution is -2.43. The average Bonchev–Trinajstić information content (AvgIpc) is 2.64. The zero-order valence-corrected chi connectivity index (χ0v) is 18.9. The summed E-state index contributed by atoms with van der Waals surface area (Å²) in [4.78, 5) is 0.0406. The van der Waals surface area contributed by atoms with E-state index in [2.05, 4.69) is 21.2 Å². The highest BCUT2D eigenvalue weighted by Crippen LogP contribution is 2.40. The van der Waals surface area contributed by atoms with Gasteiger partial charge in [-0.15, -0.1) is 0 Å². The maximum absolute atomic E-state index is 13.4. The monoisotopic (exact) mass is 505 g/mol. The molecule has 0 spiro atoms. The summed E-state index contributed by atoms with van der Waals surface area (Å²) in [5.41, 5.74) is 1.62. The molecular formula is C19H21BrFNO5S2. The molecule has 2 aromatic rings. The van der Waals surface area contributed by atoms with Crippen LogP contribution in [0.3, 0.4) is 0 Å². The fourth-order valence-corrected chi connectivity index (χ4v) is 6.38. The van der Waals surface area contributed by atoms with Crippen LogP contribution in [0, 0.1) is 5.82 Å². The van der Waals surface area contributed by atoms with Gasteiger partial charge in [-0.3, -0.25) is 4.18 Å². The lowest BCUT2D eigenvalue weighted by molar-refractivity contribution is 0.303. The van der Waals surface area contributed by atoms with Crippen molar-refractivity contribution in [2.75, 3.05) is 19.4 Å². The number of hydrogen-bond donors (Lipinski definition) is 1. The van der Waals surface area contributed by atoms with Crippen molar-refractivity contribution in [2.45, 2.75) is 29.0 Å². The van der Waals surface area contributed by atoms with Crippen LogP contribution >= 0.6 is 15.9 Å². The minimum atomic E-state index is -3.82. The van der Waals surface area contributed by atoms with E-state index in [-0.39, 0.29) is 18.0 Å². The van der Waals surface area contributed by atoms with Gasteiger partial charge in [0.1, 0.15) is 11.1 Å². The smallest absolute Gasteiger partial charge is 0.264 e. The number of aryl methyl sites for hydroxylation is 1. The minimum Gasteiger partial charge on any atom is -0.310 e. The highest BCUT2D eigenvalue weighted by Gasteiger charge is 2.39. The van der Waals surface area contributed by atoms with Gasteiger partial charge in [0.05, 0.1) is 17.8 Å². The van der Waals surface area contributed by atoms with E-state index in [1.54, 1.807) is 12.1 Å². The standard InChI is InChI=1S/C19H21BrFNO5S2/c1-28(23,24)27-11-10-22-18-9-2-13-12-14(20)3-8-17(13)19(18)29(25,26)16-6-4-15(21)5-7-16/h3-8,12,18-19,22H,2,9-11H2,1H3. The van der Waals surface area contributed by atoms with Crippen molar-refractivity contribution in [2.24, 2.45) is 0 Å². The predicted octanol–water partition coefficient (Wildman–Crippen LogP) is 2.98. The van der Waals surface area contributed by atoms with E-state index in [0.717, 1.165) is 28.4 Å². The molecule has 0 aliphatic heterocycles. The molecule has 0 fully saturated rings. The maximum Gasteiger partial charge on any atom is 0.264 e. The largest absolute Gasteiger partial charge is 0.310 e. The number of fused-ring (bicyclic) bond motifs is 1. The summed E-state index contributed by atoms with van der Waals surface area (Å²) >= 11 is 3.42. The topological polar surface area (TPSA) is 89.5 Å². The Morgan fingerprint density at radius 1 is 1.14 bits per heavy atom. The van der Waals surface area contributed by atoms with Gasteiger partial charge in [-0.1, -0.05) is 22.0 Å². The third kappa shape index (κ3) is 5.43. The van der Waals surface area contributed by atoms with Crippen molar-refractivity contribution in [1.29, 1.82) is 0 Å². The van der Waals surface area contributed by atoms with E-state index in [1.807, 2.05) is 6.07 Å². The molecule has 0 heterocycles. The minimum absolute atomic E-state index is 0.0406. The van der Waals surface area contributed by atoms with Crippen molar-refractivity contribution in [3.63, 3.8) is 0 Å². The molecule has 29 heavy (non-hydrogen) atoms. The Bertz CT molecular complexity index is 1090. The van der Waals surface area contributed by atoms with Gasteiger partial charge >= 0.3 is 0 Å². The van der Waals surface area contributed by atoms with Crippen molar-refractivity contribution >= 4 is 35.9 Å². The fraction of sp³-hybridized carbons (Fsp3) is 0.368. The van der Waals surface area contributed by atoms with Crippen LogP contribution < -0.4 is 5.32 Å². The number of rotatable bonds is 7. The maximum atomic E-state index is 13.4. The summed E-state index contributed by atoms with van der Waals surface area (Å²) in [5.74, 6) is -0.510. The SMILES string of the molecule is CS(=O)(=O)OCCNC1CCc2cc(Br)ccc2C1S(=O)(=O)c1ccc(F)cc1. The Morgan fingerprint density at radius 2 is 1.83 bits per heavy atom. The van der Waals surface area contributed by atoms with E-state index in [4.69, 9.17) is 4.18 Å². The van der Waals surface area contributed by atoms with Crippen LogP contribution in [0.1, 0.15) is 22.8 Å². The first-order chi connectivity index (χ1) is 13.6. The molecule has 1 N–H and O–H groups in total. The lowest BCUT2D eigenvalue weighted by Gasteiger charge is -2.34. The van der Waals surface area contributed by atoms with Crippen LogP contribution in [-0.4, -0.2) is 42.3 Å². The zero-order chi connectivity index (χ0) is 21.2. The molecular weight excluding hydrogens is 485 g/mol. The predicted molar refractivity (Wildman–Crippen MR) is 111 cm³/mol. The number of sulfone groups is 1. The first kappa shape index (κ1) is 22.4. The molecule has 6 nitrogen and oxygen atoms in total. The van der Waals surface area contributed by atoms with E-state index >= 15 is 0 Å². The lowest BCUT2D eigenvalue weighted by atomic mass is 9.88. The highest BCUT2D eigenvalue weighted by atomic mass is 79.9. The second-order valence-electron chi connectivity index (χ2n) is 6.89. The number of hydrogen-bond acceptors (Lipinski definition) is 6. The van der Waals surface area contributed by atoms with Gasteiger partial charge in [0, 0.05) is 17.1 Å². The van der Waals surface area contributed by atoms with E-state index in [9.17, 15) is 21.2 Å². The van der Waals surface area contributed by atoms with Crippen LogP contribution in [-0.2, 0) is 30.6 Å². The third-order valence-electron chi connectivity index (χ3n) is 4.78. The molecule has 2 unspecified atom stereocenters. The van der Waals surface area contributed by atoms with Crippen molar-refractivity contribution in [1.82, 2.24) is 5.32 Å². The van der Waals surface area contributed by atoms with Gasteiger partial charge in [0.15, 0.2) is 9.84 Å². The number of halogens is 2. The summed E-state index contributed by atoms with van der Waals surface area (Å²) < 4.78 is 68.1. The quantitative estimate of drug-likeness (QED) is 0.353. The Kier molecular flexibility index (Phi) is 6.79. The van der Waals surface area contributed by atoms with Gasteiger partial charge in [-0.05, 0) is 60.4 Å². The Labute approximate surface area is 178 Å². The summed E-state index contributed by atoms with van der Waals surface area (Å²) in [6.07, 6.45) is 2.19. The number of nitrogens with one attached hydrogen (secondary N) is 1. The third-order valence-corrected chi connectivity index (χ3v) is 8.05. The van der Waals surface area contributed by atoms with Gasteiger partial charge in [0.25, 0.3) is 10.1 Å². The van der Waals surface area contributed by atoms with Crippen molar-refractivity contribution in [3.05, 3.63) is 63.9 Å². The molecule has 0 bridgehead atoms. The molecule has 0 saturated heterocycles. The van der Waals surface area contributed by atoms with Crippen molar-refractivity contribution < 1.29 is 25.4 Å². The summed E-state index contributed by atoms with van der Waals surface area (Å²) in [6.45, 7) is 0.0882. The highest BCUT2D eigenvalue weighted by molar-refractivity contribution is 9.10. The molecule has 158 valence electrons. The molecule has 0 amide bonds. The van der Waals surface area contributed by atoms with Gasteiger partial charge in [-0.25, -0.2) is 12.8 Å². The Balaban J connectivity index is 1.93. The molecule has 2 aromatic carbocycles. The molecule has 0 saturated carbocycles. The molecule has 0 aromatic heterocycles.